The number of halogens is 1. The molecule has 0 heterocycles. The number of sulfonamides is 1. The molecule has 0 aliphatic heterocycles. The van der Waals surface area contributed by atoms with E-state index in [2.05, 4.69) is 10.0 Å². The predicted molar refractivity (Wildman–Crippen MR) is 112 cm³/mol. The highest BCUT2D eigenvalue weighted by Gasteiger charge is 2.17. The summed E-state index contributed by atoms with van der Waals surface area (Å²) in [5, 5.41) is 2.70. The fraction of sp³-hybridized carbons (Fsp3) is 0.300. The summed E-state index contributed by atoms with van der Waals surface area (Å²) >= 11 is 6.11. The molecule has 0 saturated heterocycles. The van der Waals surface area contributed by atoms with Crippen molar-refractivity contribution >= 4 is 39.0 Å². The lowest BCUT2D eigenvalue weighted by molar-refractivity contribution is -0.118. The molecule has 0 aliphatic carbocycles. The zero-order valence-electron chi connectivity index (χ0n) is 16.4. The number of Topliss-reactive ketones (excluding diaryl/α,β-unsaturated/α-hetero) is 1. The Bertz CT molecular complexity index is 1010. The van der Waals surface area contributed by atoms with Gasteiger partial charge in [0, 0.05) is 17.8 Å². The van der Waals surface area contributed by atoms with E-state index in [1.165, 1.54) is 25.1 Å². The molecule has 156 valence electrons. The molecule has 0 bridgehead atoms. The Hall–Kier alpha value is -2.42. The molecule has 29 heavy (non-hydrogen) atoms. The molecular weight excluding hydrogens is 416 g/mol. The number of benzene rings is 2. The van der Waals surface area contributed by atoms with Crippen molar-refractivity contribution in [3.05, 3.63) is 53.1 Å². The third-order valence-corrected chi connectivity index (χ3v) is 5.52. The minimum Gasteiger partial charge on any atom is -0.482 e. The molecule has 0 aliphatic rings. The Morgan fingerprint density at radius 1 is 1.14 bits per heavy atom. The van der Waals surface area contributed by atoms with Gasteiger partial charge in [-0.3, -0.25) is 9.59 Å². The van der Waals surface area contributed by atoms with Gasteiger partial charge in [0.1, 0.15) is 5.75 Å². The molecule has 2 N–H and O–H groups in total. The summed E-state index contributed by atoms with van der Waals surface area (Å²) in [6.07, 6.45) is 0. The lowest BCUT2D eigenvalue weighted by atomic mass is 10.1. The molecule has 0 fully saturated rings. The minimum atomic E-state index is -3.67. The maximum atomic E-state index is 12.2. The van der Waals surface area contributed by atoms with Gasteiger partial charge in [0.15, 0.2) is 12.4 Å². The number of carbonyl (C=O) groups excluding carboxylic acids is 2. The van der Waals surface area contributed by atoms with E-state index < -0.39 is 15.9 Å². The molecule has 0 radical (unpaired) electrons. The third-order valence-electron chi connectivity index (χ3n) is 3.81. The number of anilines is 1. The van der Waals surface area contributed by atoms with Crippen LogP contribution >= 0.6 is 11.6 Å². The van der Waals surface area contributed by atoms with Crippen LogP contribution in [0.4, 0.5) is 5.69 Å². The smallest absolute Gasteiger partial charge is 0.262 e. The number of nitrogens with one attached hydrogen (secondary N) is 2. The maximum Gasteiger partial charge on any atom is 0.262 e. The van der Waals surface area contributed by atoms with Gasteiger partial charge < -0.3 is 10.1 Å². The molecule has 0 unspecified atom stereocenters. The zero-order chi connectivity index (χ0) is 21.6. The van der Waals surface area contributed by atoms with Crippen molar-refractivity contribution in [1.29, 1.82) is 0 Å². The number of ether oxygens (including phenoxy) is 1. The van der Waals surface area contributed by atoms with Crippen molar-refractivity contribution in [3.8, 4) is 5.75 Å². The molecule has 7 nitrogen and oxygen atoms in total. The zero-order valence-corrected chi connectivity index (χ0v) is 17.9. The predicted octanol–water partition coefficient (Wildman–Crippen LogP) is 3.49. The lowest BCUT2D eigenvalue weighted by Crippen LogP contribution is -2.27. The number of hydrogen-bond acceptors (Lipinski definition) is 5. The third kappa shape index (κ3) is 6.85. The van der Waals surface area contributed by atoms with Gasteiger partial charge in [-0.05, 0) is 43.2 Å². The number of rotatable bonds is 9. The topological polar surface area (TPSA) is 102 Å². The van der Waals surface area contributed by atoms with E-state index in [0.29, 0.717) is 17.8 Å². The monoisotopic (exact) mass is 438 g/mol. The lowest BCUT2D eigenvalue weighted by Gasteiger charge is -2.12. The molecule has 9 heteroatoms. The Kier molecular flexibility index (Phi) is 7.78. The van der Waals surface area contributed by atoms with Gasteiger partial charge in [-0.1, -0.05) is 37.6 Å². The van der Waals surface area contributed by atoms with Crippen molar-refractivity contribution in [2.45, 2.75) is 25.7 Å². The van der Waals surface area contributed by atoms with Crippen molar-refractivity contribution in [2.75, 3.05) is 18.5 Å². The van der Waals surface area contributed by atoms with Gasteiger partial charge in [-0.25, -0.2) is 13.1 Å². The largest absolute Gasteiger partial charge is 0.482 e. The summed E-state index contributed by atoms with van der Waals surface area (Å²) in [5.41, 5.74) is 0.949. The summed E-state index contributed by atoms with van der Waals surface area (Å²) in [6, 6.07) is 10.6. The van der Waals surface area contributed by atoms with Crippen LogP contribution in [0.5, 0.6) is 5.75 Å². The van der Waals surface area contributed by atoms with E-state index in [4.69, 9.17) is 16.3 Å². The summed E-state index contributed by atoms with van der Waals surface area (Å²) in [7, 11) is -3.67. The Balaban J connectivity index is 1.99. The highest BCUT2D eigenvalue weighted by atomic mass is 35.5. The molecule has 0 spiro atoms. The van der Waals surface area contributed by atoms with Gasteiger partial charge in [-0.2, -0.15) is 0 Å². The quantitative estimate of drug-likeness (QED) is 0.583. The number of ketones is 1. The normalized spacial score (nSPS) is 11.3. The van der Waals surface area contributed by atoms with Gasteiger partial charge in [0.2, 0.25) is 10.0 Å². The van der Waals surface area contributed by atoms with E-state index in [0.717, 1.165) is 0 Å². The molecule has 2 aromatic carbocycles. The Morgan fingerprint density at radius 3 is 2.48 bits per heavy atom. The van der Waals surface area contributed by atoms with Gasteiger partial charge >= 0.3 is 0 Å². The first-order valence-corrected chi connectivity index (χ1v) is 10.8. The van der Waals surface area contributed by atoms with Crippen LogP contribution < -0.4 is 14.8 Å². The second-order valence-electron chi connectivity index (χ2n) is 6.81. The first-order chi connectivity index (χ1) is 13.6. The van der Waals surface area contributed by atoms with Crippen molar-refractivity contribution in [3.63, 3.8) is 0 Å². The second-order valence-corrected chi connectivity index (χ2v) is 8.99. The molecular formula is C20H23ClN2O5S. The molecule has 2 rings (SSSR count). The summed E-state index contributed by atoms with van der Waals surface area (Å²) in [5.74, 6) is -0.209. The van der Waals surface area contributed by atoms with Crippen LogP contribution in [0.1, 0.15) is 31.1 Å². The van der Waals surface area contributed by atoms with E-state index in [9.17, 15) is 18.0 Å². The highest BCUT2D eigenvalue weighted by molar-refractivity contribution is 7.89. The molecule has 1 amide bonds. The summed E-state index contributed by atoms with van der Waals surface area (Å²) in [6.45, 7) is 5.21. The highest BCUT2D eigenvalue weighted by Crippen LogP contribution is 2.27. The molecule has 0 atom stereocenters. The van der Waals surface area contributed by atoms with Crippen LogP contribution in [0.25, 0.3) is 0 Å². The van der Waals surface area contributed by atoms with Gasteiger partial charge in [0.25, 0.3) is 5.91 Å². The Labute approximate surface area is 175 Å². The number of carbonyl (C=O) groups is 2. The van der Waals surface area contributed by atoms with E-state index in [-0.39, 0.29) is 34.0 Å². The summed E-state index contributed by atoms with van der Waals surface area (Å²) in [4.78, 5) is 23.5. The van der Waals surface area contributed by atoms with E-state index >= 15 is 0 Å². The van der Waals surface area contributed by atoms with Gasteiger partial charge in [-0.15, -0.1) is 0 Å². The van der Waals surface area contributed by atoms with Crippen LogP contribution in [0, 0.1) is 5.92 Å². The van der Waals surface area contributed by atoms with Crippen molar-refractivity contribution < 1.29 is 22.7 Å². The number of hydrogen-bond donors (Lipinski definition) is 2. The Morgan fingerprint density at radius 2 is 1.86 bits per heavy atom. The first kappa shape index (κ1) is 22.9. The van der Waals surface area contributed by atoms with Crippen LogP contribution in [0.3, 0.4) is 0 Å². The summed E-state index contributed by atoms with van der Waals surface area (Å²) < 4.78 is 32.4. The van der Waals surface area contributed by atoms with Crippen LogP contribution in [0.15, 0.2) is 47.4 Å². The fourth-order valence-electron chi connectivity index (χ4n) is 2.28. The van der Waals surface area contributed by atoms with Crippen molar-refractivity contribution in [1.82, 2.24) is 4.72 Å². The van der Waals surface area contributed by atoms with Crippen LogP contribution in [-0.2, 0) is 14.8 Å². The van der Waals surface area contributed by atoms with Crippen LogP contribution in [-0.4, -0.2) is 33.3 Å². The van der Waals surface area contributed by atoms with Gasteiger partial charge in [0.05, 0.1) is 9.92 Å². The molecule has 2 aromatic rings. The maximum absolute atomic E-state index is 12.2. The van der Waals surface area contributed by atoms with E-state index in [1.807, 2.05) is 13.8 Å². The fourth-order valence-corrected chi connectivity index (χ4v) is 3.82. The first-order valence-electron chi connectivity index (χ1n) is 8.91. The molecule has 0 saturated carbocycles. The molecule has 0 aromatic heterocycles. The SMILES string of the molecule is CC(=O)c1cccc(NC(=O)COc2ccc(S(=O)(=O)NCC(C)C)cc2Cl)c1. The van der Waals surface area contributed by atoms with Crippen molar-refractivity contribution in [2.24, 2.45) is 5.92 Å². The average Bonchev–Trinajstić information content (AvgIpc) is 2.65. The average molecular weight is 439 g/mol. The van der Waals surface area contributed by atoms with Crippen LogP contribution in [0.2, 0.25) is 5.02 Å². The number of amides is 1. The minimum absolute atomic E-state index is 0.0148. The van der Waals surface area contributed by atoms with E-state index in [1.54, 1.807) is 24.3 Å². The standard InChI is InChI=1S/C20H23ClN2O5S/c1-13(2)11-22-29(26,27)17-7-8-19(18(21)10-17)28-12-20(25)23-16-6-4-5-15(9-16)14(3)24/h4-10,13,22H,11-12H2,1-3H3,(H,23,25). The second kappa shape index (κ2) is 9.87.